The number of nitrogens with one attached hydrogen (secondary N) is 1. The number of carbonyl (C=O) groups excluding carboxylic acids is 1. The molecule has 1 fully saturated rings. The van der Waals surface area contributed by atoms with E-state index in [0.717, 1.165) is 48.5 Å². The Labute approximate surface area is 172 Å². The number of aryl methyl sites for hydroxylation is 1. The number of piperidine rings is 1. The van der Waals surface area contributed by atoms with E-state index < -0.39 is 0 Å². The standard InChI is InChI=1S/C23H29N5O/c1-3-19-9-4-5-13-27(19)21(29)10-11-25-23-22(18-8-6-7-17(2)15-18)26-20-16-24-12-14-28(20)23/h6-8,12,14-16,19,25H,3-5,9-11,13H2,1-2H3. The van der Waals surface area contributed by atoms with Crippen molar-refractivity contribution in [1.29, 1.82) is 0 Å². The number of nitrogens with zero attached hydrogens (tertiary/aromatic N) is 4. The van der Waals surface area contributed by atoms with Crippen molar-refractivity contribution in [1.82, 2.24) is 19.3 Å². The molecule has 4 rings (SSSR count). The third-order valence-electron chi connectivity index (χ3n) is 5.77. The van der Waals surface area contributed by atoms with Crippen molar-refractivity contribution in [3.63, 3.8) is 0 Å². The molecule has 6 nitrogen and oxygen atoms in total. The predicted octanol–water partition coefficient (Wildman–Crippen LogP) is 4.30. The van der Waals surface area contributed by atoms with Crippen LogP contribution < -0.4 is 5.32 Å². The Morgan fingerprint density at radius 3 is 3.03 bits per heavy atom. The number of hydrogen-bond acceptors (Lipinski definition) is 4. The summed E-state index contributed by atoms with van der Waals surface area (Å²) in [6.07, 6.45) is 10.4. The summed E-state index contributed by atoms with van der Waals surface area (Å²) in [6.45, 7) is 5.73. The van der Waals surface area contributed by atoms with E-state index in [-0.39, 0.29) is 5.91 Å². The van der Waals surface area contributed by atoms with Gasteiger partial charge in [0.25, 0.3) is 0 Å². The van der Waals surface area contributed by atoms with E-state index in [9.17, 15) is 4.79 Å². The molecule has 1 atom stereocenters. The largest absolute Gasteiger partial charge is 0.369 e. The Morgan fingerprint density at radius 2 is 2.21 bits per heavy atom. The molecule has 29 heavy (non-hydrogen) atoms. The normalized spacial score (nSPS) is 16.9. The summed E-state index contributed by atoms with van der Waals surface area (Å²) >= 11 is 0. The van der Waals surface area contributed by atoms with E-state index in [1.54, 1.807) is 12.4 Å². The van der Waals surface area contributed by atoms with Gasteiger partial charge in [0.15, 0.2) is 5.65 Å². The van der Waals surface area contributed by atoms with Gasteiger partial charge in [-0.2, -0.15) is 0 Å². The quantitative estimate of drug-likeness (QED) is 0.681. The fourth-order valence-corrected chi connectivity index (χ4v) is 4.25. The van der Waals surface area contributed by atoms with Crippen LogP contribution in [-0.2, 0) is 4.79 Å². The summed E-state index contributed by atoms with van der Waals surface area (Å²) < 4.78 is 2.00. The van der Waals surface area contributed by atoms with Gasteiger partial charge in [-0.25, -0.2) is 4.98 Å². The average molecular weight is 392 g/mol. The van der Waals surface area contributed by atoms with Crippen LogP contribution in [0, 0.1) is 6.92 Å². The monoisotopic (exact) mass is 391 g/mol. The second-order valence-corrected chi connectivity index (χ2v) is 7.80. The van der Waals surface area contributed by atoms with Crippen LogP contribution in [0.4, 0.5) is 5.82 Å². The summed E-state index contributed by atoms with van der Waals surface area (Å²) in [6, 6.07) is 8.72. The third-order valence-corrected chi connectivity index (χ3v) is 5.77. The van der Waals surface area contributed by atoms with Crippen molar-refractivity contribution < 1.29 is 4.79 Å². The number of carbonyl (C=O) groups is 1. The first kappa shape index (κ1) is 19.4. The molecule has 1 saturated heterocycles. The Bertz CT molecular complexity index is 996. The maximum atomic E-state index is 12.8. The minimum atomic E-state index is 0.247. The van der Waals surface area contributed by atoms with Crippen LogP contribution in [0.1, 0.15) is 44.6 Å². The topological polar surface area (TPSA) is 62.5 Å². The van der Waals surface area contributed by atoms with Crippen LogP contribution in [0.25, 0.3) is 16.9 Å². The Morgan fingerprint density at radius 1 is 1.31 bits per heavy atom. The minimum absolute atomic E-state index is 0.247. The zero-order valence-electron chi connectivity index (χ0n) is 17.3. The first-order chi connectivity index (χ1) is 14.2. The molecule has 1 aliphatic heterocycles. The molecule has 0 saturated carbocycles. The van der Waals surface area contributed by atoms with E-state index in [1.807, 2.05) is 16.7 Å². The van der Waals surface area contributed by atoms with Crippen molar-refractivity contribution in [3.8, 4) is 11.3 Å². The molecule has 0 spiro atoms. The number of likely N-dealkylation sites (tertiary alicyclic amines) is 1. The lowest BCUT2D eigenvalue weighted by molar-refractivity contribution is -0.134. The van der Waals surface area contributed by atoms with E-state index >= 15 is 0 Å². The molecular formula is C23H29N5O. The smallest absolute Gasteiger partial charge is 0.224 e. The van der Waals surface area contributed by atoms with Crippen LogP contribution in [0.15, 0.2) is 42.9 Å². The number of rotatable bonds is 6. The van der Waals surface area contributed by atoms with Gasteiger partial charge in [-0.05, 0) is 38.7 Å². The van der Waals surface area contributed by atoms with Crippen molar-refractivity contribution in [2.75, 3.05) is 18.4 Å². The van der Waals surface area contributed by atoms with E-state index in [1.165, 1.54) is 12.0 Å². The highest BCUT2D eigenvalue weighted by Crippen LogP contribution is 2.29. The molecular weight excluding hydrogens is 362 g/mol. The zero-order valence-corrected chi connectivity index (χ0v) is 17.3. The van der Waals surface area contributed by atoms with Gasteiger partial charge in [0.05, 0.1) is 6.20 Å². The van der Waals surface area contributed by atoms with Gasteiger partial charge in [0.2, 0.25) is 5.91 Å². The summed E-state index contributed by atoms with van der Waals surface area (Å²) in [4.78, 5) is 23.9. The maximum Gasteiger partial charge on any atom is 0.224 e. The van der Waals surface area contributed by atoms with Crippen molar-refractivity contribution in [3.05, 3.63) is 48.4 Å². The lowest BCUT2D eigenvalue weighted by Gasteiger charge is -2.35. The van der Waals surface area contributed by atoms with Gasteiger partial charge in [-0.1, -0.05) is 30.7 Å². The average Bonchev–Trinajstić information content (AvgIpc) is 3.12. The molecule has 0 aliphatic carbocycles. The van der Waals surface area contributed by atoms with Gasteiger partial charge in [-0.3, -0.25) is 14.2 Å². The van der Waals surface area contributed by atoms with Gasteiger partial charge in [-0.15, -0.1) is 0 Å². The highest BCUT2D eigenvalue weighted by atomic mass is 16.2. The second kappa shape index (κ2) is 8.64. The molecule has 3 heterocycles. The highest BCUT2D eigenvalue weighted by molar-refractivity contribution is 5.79. The number of imidazole rings is 1. The zero-order chi connectivity index (χ0) is 20.2. The summed E-state index contributed by atoms with van der Waals surface area (Å²) in [7, 11) is 0. The van der Waals surface area contributed by atoms with Gasteiger partial charge >= 0.3 is 0 Å². The molecule has 1 aromatic carbocycles. The third kappa shape index (κ3) is 4.11. The molecule has 152 valence electrons. The molecule has 1 unspecified atom stereocenters. The van der Waals surface area contributed by atoms with Crippen molar-refractivity contribution >= 4 is 17.4 Å². The number of anilines is 1. The molecule has 1 N–H and O–H groups in total. The van der Waals surface area contributed by atoms with Gasteiger partial charge in [0, 0.05) is 43.5 Å². The SMILES string of the molecule is CCC1CCCCN1C(=O)CCNc1c(-c2cccc(C)c2)nc2cnccn12. The Hall–Kier alpha value is -2.89. The number of benzene rings is 1. The van der Waals surface area contributed by atoms with Crippen LogP contribution >= 0.6 is 0 Å². The van der Waals surface area contributed by atoms with Crippen LogP contribution in [0.5, 0.6) is 0 Å². The minimum Gasteiger partial charge on any atom is -0.369 e. The molecule has 0 radical (unpaired) electrons. The fraction of sp³-hybridized carbons (Fsp3) is 0.435. The van der Waals surface area contributed by atoms with Crippen LogP contribution in [-0.4, -0.2) is 44.3 Å². The number of amides is 1. The number of fused-ring (bicyclic) bond motifs is 1. The van der Waals surface area contributed by atoms with Crippen LogP contribution in [0.3, 0.4) is 0 Å². The fourth-order valence-electron chi connectivity index (χ4n) is 4.25. The molecule has 1 aliphatic rings. The molecule has 1 amide bonds. The molecule has 6 heteroatoms. The predicted molar refractivity (Wildman–Crippen MR) is 116 cm³/mol. The first-order valence-corrected chi connectivity index (χ1v) is 10.6. The van der Waals surface area contributed by atoms with Gasteiger partial charge in [0.1, 0.15) is 11.5 Å². The number of aromatic nitrogens is 3. The summed E-state index contributed by atoms with van der Waals surface area (Å²) in [5, 5.41) is 3.48. The molecule has 3 aromatic rings. The van der Waals surface area contributed by atoms with E-state index in [0.29, 0.717) is 19.0 Å². The maximum absolute atomic E-state index is 12.8. The molecule has 2 aromatic heterocycles. The highest BCUT2D eigenvalue weighted by Gasteiger charge is 2.25. The first-order valence-electron chi connectivity index (χ1n) is 10.6. The lowest BCUT2D eigenvalue weighted by atomic mass is 9.99. The van der Waals surface area contributed by atoms with E-state index in [4.69, 9.17) is 4.98 Å². The van der Waals surface area contributed by atoms with Crippen molar-refractivity contribution in [2.24, 2.45) is 0 Å². The Kier molecular flexibility index (Phi) is 5.79. The van der Waals surface area contributed by atoms with Crippen molar-refractivity contribution in [2.45, 2.75) is 52.0 Å². The lowest BCUT2D eigenvalue weighted by Crippen LogP contribution is -2.43. The Balaban J connectivity index is 1.53. The van der Waals surface area contributed by atoms with E-state index in [2.05, 4.69) is 47.2 Å². The summed E-state index contributed by atoms with van der Waals surface area (Å²) in [5.74, 6) is 1.16. The molecule has 0 bridgehead atoms. The van der Waals surface area contributed by atoms with Crippen LogP contribution in [0.2, 0.25) is 0 Å². The van der Waals surface area contributed by atoms with Gasteiger partial charge < -0.3 is 10.2 Å². The second-order valence-electron chi connectivity index (χ2n) is 7.80. The number of hydrogen-bond donors (Lipinski definition) is 1. The summed E-state index contributed by atoms with van der Waals surface area (Å²) in [5.41, 5.74) is 3.93.